The van der Waals surface area contributed by atoms with Crippen LogP contribution in [0.2, 0.25) is 0 Å². The minimum absolute atomic E-state index is 0.225. The van der Waals surface area contributed by atoms with Crippen LogP contribution in [-0.4, -0.2) is 54.3 Å². The molecule has 0 unspecified atom stereocenters. The first-order valence-corrected chi connectivity index (χ1v) is 7.51. The van der Waals surface area contributed by atoms with Crippen LogP contribution in [0.5, 0.6) is 0 Å². The van der Waals surface area contributed by atoms with Crippen LogP contribution in [0.15, 0.2) is 18.2 Å². The molecule has 1 aliphatic heterocycles. The van der Waals surface area contributed by atoms with Crippen molar-refractivity contribution in [1.82, 2.24) is 4.90 Å². The fourth-order valence-corrected chi connectivity index (χ4v) is 2.86. The van der Waals surface area contributed by atoms with Gasteiger partial charge in [0, 0.05) is 37.4 Å². The Hall–Kier alpha value is -1.17. The van der Waals surface area contributed by atoms with Gasteiger partial charge in [-0.15, -0.1) is 0 Å². The number of benzene rings is 1. The van der Waals surface area contributed by atoms with E-state index in [0.29, 0.717) is 4.99 Å². The molecule has 20 heavy (non-hydrogen) atoms. The van der Waals surface area contributed by atoms with Crippen molar-refractivity contribution in [1.29, 1.82) is 0 Å². The zero-order chi connectivity index (χ0) is 14.5. The van der Waals surface area contributed by atoms with Crippen molar-refractivity contribution in [3.8, 4) is 0 Å². The molecule has 3 N–H and O–H groups in total. The number of aliphatic hydroxyl groups excluding tert-OH is 1. The smallest absolute Gasteiger partial charge is 0.106 e. The van der Waals surface area contributed by atoms with Gasteiger partial charge in [0.25, 0.3) is 0 Å². The molecule has 0 atom stereocenters. The highest BCUT2D eigenvalue weighted by Crippen LogP contribution is 2.23. The van der Waals surface area contributed by atoms with Crippen LogP contribution in [0.4, 0.5) is 5.69 Å². The van der Waals surface area contributed by atoms with Gasteiger partial charge in [-0.3, -0.25) is 4.90 Å². The Labute approximate surface area is 126 Å². The van der Waals surface area contributed by atoms with Gasteiger partial charge in [-0.2, -0.15) is 0 Å². The van der Waals surface area contributed by atoms with Crippen molar-refractivity contribution < 1.29 is 5.11 Å². The molecule has 0 amide bonds. The van der Waals surface area contributed by atoms with E-state index in [0.717, 1.165) is 50.4 Å². The molecular weight excluding hydrogens is 270 g/mol. The third kappa shape index (κ3) is 3.69. The molecule has 1 aliphatic rings. The number of aliphatic hydroxyl groups is 1. The molecule has 1 saturated heterocycles. The molecule has 1 aromatic rings. The van der Waals surface area contributed by atoms with Crippen molar-refractivity contribution in [2.24, 2.45) is 5.73 Å². The third-order valence-electron chi connectivity index (χ3n) is 3.76. The molecule has 110 valence electrons. The normalized spacial score (nSPS) is 17.0. The first kappa shape index (κ1) is 15.2. The van der Waals surface area contributed by atoms with Crippen LogP contribution in [0.3, 0.4) is 0 Å². The lowest BCUT2D eigenvalue weighted by molar-refractivity contribution is 0.204. The Morgan fingerprint density at radius 1 is 1.30 bits per heavy atom. The summed E-state index contributed by atoms with van der Waals surface area (Å²) in [6.07, 6.45) is 1.09. The van der Waals surface area contributed by atoms with E-state index in [2.05, 4.69) is 22.8 Å². The zero-order valence-electron chi connectivity index (χ0n) is 12.0. The van der Waals surface area contributed by atoms with E-state index in [9.17, 15) is 0 Å². The van der Waals surface area contributed by atoms with Crippen molar-refractivity contribution in [3.63, 3.8) is 0 Å². The van der Waals surface area contributed by atoms with Gasteiger partial charge in [0.05, 0.1) is 6.61 Å². The minimum Gasteiger partial charge on any atom is -0.395 e. The highest BCUT2D eigenvalue weighted by atomic mass is 32.1. The van der Waals surface area contributed by atoms with E-state index < -0.39 is 0 Å². The summed E-state index contributed by atoms with van der Waals surface area (Å²) in [7, 11) is 0. The van der Waals surface area contributed by atoms with E-state index in [4.69, 9.17) is 23.1 Å². The summed E-state index contributed by atoms with van der Waals surface area (Å²) in [5.41, 5.74) is 9.17. The molecule has 1 fully saturated rings. The maximum Gasteiger partial charge on any atom is 0.106 e. The van der Waals surface area contributed by atoms with Crippen molar-refractivity contribution in [2.75, 3.05) is 44.2 Å². The number of β-amino-alcohol motifs (C(OH)–C–C–N with tert-alkyl or cyclic N) is 1. The number of rotatable bonds is 4. The Kier molecular flexibility index (Phi) is 5.34. The van der Waals surface area contributed by atoms with Crippen LogP contribution in [0.1, 0.15) is 17.5 Å². The fourth-order valence-electron chi connectivity index (χ4n) is 2.69. The van der Waals surface area contributed by atoms with Gasteiger partial charge in [0.2, 0.25) is 0 Å². The summed E-state index contributed by atoms with van der Waals surface area (Å²) in [6, 6.07) is 6.23. The van der Waals surface area contributed by atoms with E-state index in [1.54, 1.807) is 0 Å². The lowest BCUT2D eigenvalue weighted by Crippen LogP contribution is -2.33. The molecule has 1 heterocycles. The van der Waals surface area contributed by atoms with Crippen molar-refractivity contribution in [2.45, 2.75) is 13.3 Å². The Bertz CT molecular complexity index is 478. The second-order valence-corrected chi connectivity index (χ2v) is 5.73. The highest BCUT2D eigenvalue weighted by Gasteiger charge is 2.18. The number of hydrogen-bond donors (Lipinski definition) is 2. The standard InChI is InChI=1S/C15H23N3OS/c1-12-3-4-13(15(16)20)14(11-12)18-6-2-5-17(7-8-18)9-10-19/h3-4,11,19H,2,5-10H2,1H3,(H2,16,20). The molecule has 1 aromatic carbocycles. The molecule has 0 bridgehead atoms. The molecular formula is C15H23N3OS. The molecule has 0 aromatic heterocycles. The molecule has 4 nitrogen and oxygen atoms in total. The lowest BCUT2D eigenvalue weighted by Gasteiger charge is -2.26. The first-order valence-electron chi connectivity index (χ1n) is 7.10. The van der Waals surface area contributed by atoms with Crippen LogP contribution in [-0.2, 0) is 0 Å². The van der Waals surface area contributed by atoms with Crippen molar-refractivity contribution >= 4 is 22.9 Å². The second-order valence-electron chi connectivity index (χ2n) is 5.29. The van der Waals surface area contributed by atoms with E-state index in [1.165, 1.54) is 5.56 Å². The van der Waals surface area contributed by atoms with Gasteiger partial charge in [-0.1, -0.05) is 18.3 Å². The number of aryl methyl sites for hydroxylation is 1. The highest BCUT2D eigenvalue weighted by molar-refractivity contribution is 7.80. The van der Waals surface area contributed by atoms with Gasteiger partial charge >= 0.3 is 0 Å². The summed E-state index contributed by atoms with van der Waals surface area (Å²) in [6.45, 7) is 7.01. The van der Waals surface area contributed by atoms with Gasteiger partial charge in [-0.05, 0) is 37.6 Å². The maximum atomic E-state index is 9.06. The molecule has 5 heteroatoms. The molecule has 2 rings (SSSR count). The Balaban J connectivity index is 2.18. The van der Waals surface area contributed by atoms with Gasteiger partial charge in [0.15, 0.2) is 0 Å². The average molecular weight is 293 g/mol. The Morgan fingerprint density at radius 2 is 2.10 bits per heavy atom. The number of nitrogens with two attached hydrogens (primary N) is 1. The Morgan fingerprint density at radius 3 is 2.80 bits per heavy atom. The largest absolute Gasteiger partial charge is 0.395 e. The summed E-state index contributed by atoms with van der Waals surface area (Å²) in [4.78, 5) is 5.12. The van der Waals surface area contributed by atoms with Gasteiger partial charge in [-0.25, -0.2) is 0 Å². The van der Waals surface area contributed by atoms with Crippen LogP contribution in [0.25, 0.3) is 0 Å². The fraction of sp³-hybridized carbons (Fsp3) is 0.533. The molecule has 0 aliphatic carbocycles. The monoisotopic (exact) mass is 293 g/mol. The van der Waals surface area contributed by atoms with Crippen LogP contribution in [0, 0.1) is 6.92 Å². The zero-order valence-corrected chi connectivity index (χ0v) is 12.8. The van der Waals surface area contributed by atoms with Gasteiger partial charge in [0.1, 0.15) is 4.99 Å². The first-order chi connectivity index (χ1) is 9.61. The summed E-state index contributed by atoms with van der Waals surface area (Å²) in [5, 5.41) is 9.06. The lowest BCUT2D eigenvalue weighted by atomic mass is 10.1. The number of hydrogen-bond acceptors (Lipinski definition) is 4. The van der Waals surface area contributed by atoms with E-state index >= 15 is 0 Å². The van der Waals surface area contributed by atoms with Crippen LogP contribution >= 0.6 is 12.2 Å². The molecule has 0 radical (unpaired) electrons. The third-order valence-corrected chi connectivity index (χ3v) is 3.98. The summed E-state index contributed by atoms with van der Waals surface area (Å²) < 4.78 is 0. The van der Waals surface area contributed by atoms with Gasteiger partial charge < -0.3 is 15.7 Å². The van der Waals surface area contributed by atoms with E-state index in [1.807, 2.05) is 12.1 Å². The predicted molar refractivity (Wildman–Crippen MR) is 87.4 cm³/mol. The summed E-state index contributed by atoms with van der Waals surface area (Å²) in [5.74, 6) is 0. The number of nitrogens with zero attached hydrogens (tertiary/aromatic N) is 2. The molecule has 0 saturated carbocycles. The molecule has 0 spiro atoms. The van der Waals surface area contributed by atoms with Crippen LogP contribution < -0.4 is 10.6 Å². The second kappa shape index (κ2) is 7.02. The SMILES string of the molecule is Cc1ccc(C(N)=S)c(N2CCCN(CCO)CC2)c1. The van der Waals surface area contributed by atoms with Crippen molar-refractivity contribution in [3.05, 3.63) is 29.3 Å². The topological polar surface area (TPSA) is 52.7 Å². The minimum atomic E-state index is 0.225. The van der Waals surface area contributed by atoms with E-state index in [-0.39, 0.29) is 6.61 Å². The number of thiocarbonyl (C=S) groups is 1. The number of anilines is 1. The summed E-state index contributed by atoms with van der Waals surface area (Å²) >= 11 is 5.17. The maximum absolute atomic E-state index is 9.06. The predicted octanol–water partition coefficient (Wildman–Crippen LogP) is 1.13. The average Bonchev–Trinajstić information content (AvgIpc) is 2.64. The quantitative estimate of drug-likeness (QED) is 0.815.